The Balaban J connectivity index is 1.17. The van der Waals surface area contributed by atoms with Crippen LogP contribution in [-0.2, 0) is 0 Å². The van der Waals surface area contributed by atoms with E-state index < -0.39 is 0 Å². The molecule has 0 fully saturated rings. The summed E-state index contributed by atoms with van der Waals surface area (Å²) in [4.78, 5) is 0. The lowest BCUT2D eigenvalue weighted by atomic mass is 9.84. The number of aromatic nitrogens is 1. The zero-order valence-corrected chi connectivity index (χ0v) is 23.0. The van der Waals surface area contributed by atoms with Gasteiger partial charge in [-0.1, -0.05) is 103 Å². The van der Waals surface area contributed by atoms with Gasteiger partial charge >= 0.3 is 0 Å². The summed E-state index contributed by atoms with van der Waals surface area (Å²) in [6.45, 7) is 0. The molecule has 0 saturated carbocycles. The first kappa shape index (κ1) is 23.4. The number of fused-ring (bicyclic) bond motifs is 5. The van der Waals surface area contributed by atoms with Crippen LogP contribution < -0.4 is 4.74 Å². The summed E-state index contributed by atoms with van der Waals surface area (Å²) in [5.74, 6) is 2.15. The number of para-hydroxylation sites is 3. The maximum absolute atomic E-state index is 6.35. The van der Waals surface area contributed by atoms with E-state index in [4.69, 9.17) is 4.74 Å². The van der Waals surface area contributed by atoms with E-state index in [0.29, 0.717) is 5.92 Å². The van der Waals surface area contributed by atoms with Gasteiger partial charge in [0, 0.05) is 33.3 Å². The van der Waals surface area contributed by atoms with Crippen LogP contribution in [0.15, 0.2) is 146 Å². The van der Waals surface area contributed by atoms with Gasteiger partial charge in [0.1, 0.15) is 11.5 Å². The number of nitrogens with zero attached hydrogens (tertiary/aromatic N) is 1. The highest BCUT2D eigenvalue weighted by atomic mass is 16.5. The van der Waals surface area contributed by atoms with Crippen molar-refractivity contribution < 1.29 is 4.74 Å². The fraction of sp³-hybridized carbons (Fsp3) is 0.0500. The molecule has 0 spiro atoms. The molecule has 0 N–H and O–H groups in total. The normalized spacial score (nSPS) is 15.5. The van der Waals surface area contributed by atoms with Crippen molar-refractivity contribution in [1.82, 2.24) is 4.57 Å². The van der Waals surface area contributed by atoms with Crippen molar-refractivity contribution in [1.29, 1.82) is 0 Å². The third-order valence-corrected chi connectivity index (χ3v) is 8.92. The van der Waals surface area contributed by atoms with Gasteiger partial charge in [-0.3, -0.25) is 0 Å². The average Bonchev–Trinajstić information content (AvgIpc) is 3.39. The standard InChI is InChI=1S/C40H27NO/c1-2-12-29(13-3-1)41-36-18-6-4-14-31(36)35-25-27(20-22-37(35)41)26-10-8-11-28(24-26)30-21-23-39-40-33(30)16-9-17-34(40)32-15-5-7-19-38(32)42-39/h1-9,11-26H,10H2. The van der Waals surface area contributed by atoms with Crippen molar-refractivity contribution in [2.75, 3.05) is 0 Å². The molecule has 0 saturated heterocycles. The monoisotopic (exact) mass is 537 g/mol. The Kier molecular flexibility index (Phi) is 5.06. The molecule has 0 amide bonds. The second kappa shape index (κ2) is 9.09. The third-order valence-electron chi connectivity index (χ3n) is 8.92. The van der Waals surface area contributed by atoms with Crippen molar-refractivity contribution in [3.8, 4) is 28.3 Å². The lowest BCUT2D eigenvalue weighted by Crippen LogP contribution is -2.01. The zero-order valence-electron chi connectivity index (χ0n) is 23.0. The molecule has 1 unspecified atom stereocenters. The van der Waals surface area contributed by atoms with Crippen LogP contribution in [0.25, 0.3) is 55.0 Å². The minimum absolute atomic E-state index is 0.302. The molecule has 9 rings (SSSR count). The smallest absolute Gasteiger partial charge is 0.135 e. The highest BCUT2D eigenvalue weighted by Crippen LogP contribution is 2.48. The minimum atomic E-state index is 0.302. The summed E-state index contributed by atoms with van der Waals surface area (Å²) in [6.07, 6.45) is 8.07. The van der Waals surface area contributed by atoms with Gasteiger partial charge in [0.15, 0.2) is 0 Å². The van der Waals surface area contributed by atoms with Gasteiger partial charge in [-0.2, -0.15) is 0 Å². The number of ether oxygens (including phenoxy) is 1. The molecule has 0 bridgehead atoms. The van der Waals surface area contributed by atoms with Gasteiger partial charge in [-0.05, 0) is 76.5 Å². The average molecular weight is 538 g/mol. The maximum Gasteiger partial charge on any atom is 0.135 e. The number of hydrogen-bond donors (Lipinski definition) is 0. The van der Waals surface area contributed by atoms with E-state index in [9.17, 15) is 0 Å². The molecule has 6 aromatic carbocycles. The van der Waals surface area contributed by atoms with E-state index in [1.165, 1.54) is 60.5 Å². The Morgan fingerprint density at radius 1 is 0.571 bits per heavy atom. The molecule has 7 aromatic rings. The quantitative estimate of drug-likeness (QED) is 0.219. The van der Waals surface area contributed by atoms with Crippen molar-refractivity contribution in [2.45, 2.75) is 12.3 Å². The number of allylic oxidation sites excluding steroid dienone is 4. The Morgan fingerprint density at radius 2 is 1.36 bits per heavy atom. The second-order valence-corrected chi connectivity index (χ2v) is 11.3. The van der Waals surface area contributed by atoms with Crippen molar-refractivity contribution in [2.24, 2.45) is 0 Å². The molecule has 1 aliphatic carbocycles. The van der Waals surface area contributed by atoms with Crippen LogP contribution in [-0.4, -0.2) is 4.57 Å². The van der Waals surface area contributed by atoms with Crippen molar-refractivity contribution in [3.05, 3.63) is 157 Å². The molecule has 2 aliphatic rings. The van der Waals surface area contributed by atoms with E-state index in [0.717, 1.165) is 23.5 Å². The highest BCUT2D eigenvalue weighted by Gasteiger charge is 2.23. The fourth-order valence-corrected chi connectivity index (χ4v) is 7.00. The molecule has 2 nitrogen and oxygen atoms in total. The van der Waals surface area contributed by atoms with Gasteiger partial charge in [0.2, 0.25) is 0 Å². The molecule has 42 heavy (non-hydrogen) atoms. The lowest BCUT2D eigenvalue weighted by Gasteiger charge is -2.24. The first-order valence-electron chi connectivity index (χ1n) is 14.6. The fourth-order valence-electron chi connectivity index (χ4n) is 7.00. The van der Waals surface area contributed by atoms with Gasteiger partial charge in [-0.15, -0.1) is 0 Å². The van der Waals surface area contributed by atoms with Crippen molar-refractivity contribution in [3.63, 3.8) is 0 Å². The molecule has 1 atom stereocenters. The zero-order chi connectivity index (χ0) is 27.6. The molecule has 198 valence electrons. The van der Waals surface area contributed by atoms with Gasteiger partial charge in [0.25, 0.3) is 0 Å². The van der Waals surface area contributed by atoms with E-state index >= 15 is 0 Å². The molecular weight excluding hydrogens is 510 g/mol. The Hall–Kier alpha value is -5.34. The summed E-state index contributed by atoms with van der Waals surface area (Å²) in [6, 6.07) is 45.8. The van der Waals surface area contributed by atoms with Gasteiger partial charge in [-0.25, -0.2) is 0 Å². The molecule has 0 radical (unpaired) electrons. The van der Waals surface area contributed by atoms with Crippen LogP contribution in [0.4, 0.5) is 0 Å². The van der Waals surface area contributed by atoms with Gasteiger partial charge < -0.3 is 9.30 Å². The summed E-state index contributed by atoms with van der Waals surface area (Å²) in [5.41, 5.74) is 9.93. The predicted octanol–water partition coefficient (Wildman–Crippen LogP) is 10.8. The van der Waals surface area contributed by atoms with E-state index in [-0.39, 0.29) is 0 Å². The van der Waals surface area contributed by atoms with Crippen LogP contribution >= 0.6 is 0 Å². The first-order chi connectivity index (χ1) is 20.8. The van der Waals surface area contributed by atoms with E-state index in [1.807, 2.05) is 6.07 Å². The molecule has 1 aliphatic heterocycles. The van der Waals surface area contributed by atoms with Gasteiger partial charge in [0.05, 0.1) is 11.0 Å². The van der Waals surface area contributed by atoms with E-state index in [2.05, 4.69) is 144 Å². The van der Waals surface area contributed by atoms with Crippen LogP contribution in [0, 0.1) is 0 Å². The van der Waals surface area contributed by atoms with Crippen LogP contribution in [0.5, 0.6) is 11.5 Å². The second-order valence-electron chi connectivity index (χ2n) is 11.3. The maximum atomic E-state index is 6.35. The molecule has 1 aromatic heterocycles. The topological polar surface area (TPSA) is 14.2 Å². The first-order valence-corrected chi connectivity index (χ1v) is 14.6. The Labute approximate surface area is 244 Å². The minimum Gasteiger partial charge on any atom is -0.456 e. The van der Waals surface area contributed by atoms with Crippen LogP contribution in [0.1, 0.15) is 23.5 Å². The summed E-state index contributed by atoms with van der Waals surface area (Å²) in [7, 11) is 0. The predicted molar refractivity (Wildman–Crippen MR) is 175 cm³/mol. The Morgan fingerprint density at radius 3 is 2.31 bits per heavy atom. The lowest BCUT2D eigenvalue weighted by molar-refractivity contribution is 0.487. The van der Waals surface area contributed by atoms with Crippen LogP contribution in [0.3, 0.4) is 0 Å². The van der Waals surface area contributed by atoms with Crippen LogP contribution in [0.2, 0.25) is 0 Å². The number of rotatable bonds is 3. The molecule has 2 heteroatoms. The molecular formula is C40H27NO. The molecule has 2 heterocycles. The van der Waals surface area contributed by atoms with E-state index in [1.54, 1.807) is 0 Å². The SMILES string of the molecule is C1=CC(c2ccc3c4c(cccc24)-c2ccccc2O3)=CC(c2ccc3c(c2)c2ccccc2n3-c2ccccc2)C1. The highest BCUT2D eigenvalue weighted by molar-refractivity contribution is 6.10. The largest absolute Gasteiger partial charge is 0.456 e. The third kappa shape index (κ3) is 3.45. The van der Waals surface area contributed by atoms with Crippen molar-refractivity contribution >= 4 is 38.2 Å². The summed E-state index contributed by atoms with van der Waals surface area (Å²) >= 11 is 0. The summed E-state index contributed by atoms with van der Waals surface area (Å²) in [5, 5.41) is 5.02. The number of benzene rings is 6. The summed E-state index contributed by atoms with van der Waals surface area (Å²) < 4.78 is 8.73. The number of hydrogen-bond acceptors (Lipinski definition) is 1. The Bertz CT molecular complexity index is 2250.